The minimum absolute atomic E-state index is 0.129. The topological polar surface area (TPSA) is 115 Å². The Hall–Kier alpha value is -4.70. The van der Waals surface area contributed by atoms with Crippen LogP contribution in [-0.2, 0) is 21.1 Å². The summed E-state index contributed by atoms with van der Waals surface area (Å²) in [7, 11) is -3.61. The summed E-state index contributed by atoms with van der Waals surface area (Å²) in [5.41, 5.74) is 3.20. The first kappa shape index (κ1) is 28.4. The van der Waals surface area contributed by atoms with Crippen molar-refractivity contribution in [2.24, 2.45) is 0 Å². The molecule has 0 saturated heterocycles. The van der Waals surface area contributed by atoms with Crippen molar-refractivity contribution in [3.63, 3.8) is 0 Å². The van der Waals surface area contributed by atoms with E-state index in [0.29, 0.717) is 55.4 Å². The first-order chi connectivity index (χ1) is 20.9. The number of sulfone groups is 1. The van der Waals surface area contributed by atoms with E-state index in [9.17, 15) is 18.0 Å². The van der Waals surface area contributed by atoms with Crippen LogP contribution in [0.3, 0.4) is 0 Å². The Balaban J connectivity index is 1.34. The highest BCUT2D eigenvalue weighted by molar-refractivity contribution is 7.91. The van der Waals surface area contributed by atoms with Crippen LogP contribution in [0.1, 0.15) is 45.9 Å². The third-order valence-electron chi connectivity index (χ3n) is 7.61. The highest BCUT2D eigenvalue weighted by Gasteiger charge is 2.33. The van der Waals surface area contributed by atoms with Crippen molar-refractivity contribution in [1.82, 2.24) is 15.2 Å². The van der Waals surface area contributed by atoms with Crippen molar-refractivity contribution in [2.45, 2.75) is 30.2 Å². The van der Waals surface area contributed by atoms with Gasteiger partial charge in [0, 0.05) is 25.7 Å². The molecule has 1 unspecified atom stereocenters. The summed E-state index contributed by atoms with van der Waals surface area (Å²) in [6.07, 6.45) is 4.08. The fourth-order valence-electron chi connectivity index (χ4n) is 5.48. The summed E-state index contributed by atoms with van der Waals surface area (Å²) in [4.78, 5) is 32.5. The van der Waals surface area contributed by atoms with Gasteiger partial charge in [0.25, 0.3) is 5.91 Å². The zero-order chi connectivity index (χ0) is 29.8. The monoisotopic (exact) mass is 597 g/mol. The van der Waals surface area contributed by atoms with Crippen molar-refractivity contribution in [3.05, 3.63) is 114 Å². The molecule has 3 aliphatic heterocycles. The highest BCUT2D eigenvalue weighted by atomic mass is 32.2. The molecule has 0 aliphatic carbocycles. The number of fused-ring (bicyclic) bond motifs is 6. The number of carbonyl (C=O) groups excluding carboxylic acids is 2. The van der Waals surface area contributed by atoms with Crippen LogP contribution in [0.5, 0.6) is 17.2 Å². The molecule has 9 nitrogen and oxygen atoms in total. The summed E-state index contributed by atoms with van der Waals surface area (Å²) < 4.78 is 38.0. The number of benzene rings is 3. The van der Waals surface area contributed by atoms with E-state index in [-0.39, 0.29) is 28.9 Å². The van der Waals surface area contributed by atoms with Gasteiger partial charge in [-0.1, -0.05) is 36.4 Å². The lowest BCUT2D eigenvalue weighted by Gasteiger charge is -2.38. The second-order valence-corrected chi connectivity index (χ2v) is 12.6. The van der Waals surface area contributed by atoms with Gasteiger partial charge in [-0.2, -0.15) is 0 Å². The molecular weight excluding hydrogens is 566 g/mol. The van der Waals surface area contributed by atoms with Gasteiger partial charge in [-0.25, -0.2) is 8.42 Å². The van der Waals surface area contributed by atoms with E-state index in [1.54, 1.807) is 47.5 Å². The molecule has 1 aromatic heterocycles. The van der Waals surface area contributed by atoms with Gasteiger partial charge in [-0.05, 0) is 72.0 Å². The Morgan fingerprint density at radius 3 is 2.67 bits per heavy atom. The summed E-state index contributed by atoms with van der Waals surface area (Å²) in [5, 5.41) is 2.88. The maximum absolute atomic E-state index is 13.7. The maximum atomic E-state index is 13.7. The molecule has 8 bridgehead atoms. The molecule has 1 atom stereocenters. The predicted molar refractivity (Wildman–Crippen MR) is 160 cm³/mol. The van der Waals surface area contributed by atoms with Crippen molar-refractivity contribution in [2.75, 3.05) is 25.4 Å². The van der Waals surface area contributed by atoms with E-state index >= 15 is 0 Å². The SMILES string of the molecule is O=C1NCCCOc2cccc(c2)C2c3ccc(cc3CCN2C(=O)CCS(=O)(=O)c2ccccc2)Oc2cncc1c2. The molecule has 3 aromatic carbocycles. The third kappa shape index (κ3) is 6.39. The minimum Gasteiger partial charge on any atom is -0.494 e. The van der Waals surface area contributed by atoms with Crippen LogP contribution in [0.4, 0.5) is 0 Å². The summed E-state index contributed by atoms with van der Waals surface area (Å²) in [6.45, 7) is 1.22. The zero-order valence-corrected chi connectivity index (χ0v) is 24.3. The van der Waals surface area contributed by atoms with Gasteiger partial charge in [-0.15, -0.1) is 0 Å². The minimum atomic E-state index is -3.61. The molecule has 0 radical (unpaired) electrons. The van der Waals surface area contributed by atoms with Gasteiger partial charge >= 0.3 is 0 Å². The average molecular weight is 598 g/mol. The number of nitrogens with zero attached hydrogens (tertiary/aromatic N) is 2. The van der Waals surface area contributed by atoms with Crippen LogP contribution in [0.15, 0.2) is 96.2 Å². The largest absolute Gasteiger partial charge is 0.494 e. The molecule has 4 aromatic rings. The molecule has 2 amide bonds. The quantitative estimate of drug-likeness (QED) is 0.362. The molecule has 10 heteroatoms. The van der Waals surface area contributed by atoms with Gasteiger partial charge in [0.2, 0.25) is 5.91 Å². The number of nitrogens with one attached hydrogen (secondary N) is 1. The second-order valence-electron chi connectivity index (χ2n) is 10.5. The number of hydrogen-bond acceptors (Lipinski definition) is 7. The number of ether oxygens (including phenoxy) is 2. The number of carbonyl (C=O) groups is 2. The molecule has 43 heavy (non-hydrogen) atoms. The number of hydrogen-bond donors (Lipinski definition) is 1. The molecule has 3 aliphatic rings. The van der Waals surface area contributed by atoms with Crippen LogP contribution >= 0.6 is 0 Å². The first-order valence-corrected chi connectivity index (χ1v) is 15.9. The summed E-state index contributed by atoms with van der Waals surface area (Å²) >= 11 is 0. The lowest BCUT2D eigenvalue weighted by Crippen LogP contribution is -2.41. The van der Waals surface area contributed by atoms with Crippen LogP contribution in [0.2, 0.25) is 0 Å². The Morgan fingerprint density at radius 2 is 1.81 bits per heavy atom. The van der Waals surface area contributed by atoms with Gasteiger partial charge in [0.1, 0.15) is 17.2 Å². The Bertz CT molecular complexity index is 1760. The Labute approximate surface area is 250 Å². The molecule has 220 valence electrons. The second kappa shape index (κ2) is 12.3. The fourth-order valence-corrected chi connectivity index (χ4v) is 6.73. The lowest BCUT2D eigenvalue weighted by atomic mass is 9.87. The predicted octanol–water partition coefficient (Wildman–Crippen LogP) is 4.72. The molecule has 4 heterocycles. The smallest absolute Gasteiger partial charge is 0.252 e. The van der Waals surface area contributed by atoms with E-state index in [0.717, 1.165) is 16.7 Å². The molecule has 7 rings (SSSR count). The molecule has 0 saturated carbocycles. The van der Waals surface area contributed by atoms with Gasteiger partial charge < -0.3 is 19.7 Å². The lowest BCUT2D eigenvalue weighted by molar-refractivity contribution is -0.132. The highest BCUT2D eigenvalue weighted by Crippen LogP contribution is 2.39. The van der Waals surface area contributed by atoms with E-state index in [1.807, 2.05) is 42.5 Å². The zero-order valence-electron chi connectivity index (χ0n) is 23.4. The van der Waals surface area contributed by atoms with Gasteiger partial charge in [0.15, 0.2) is 9.84 Å². The first-order valence-electron chi connectivity index (χ1n) is 14.2. The van der Waals surface area contributed by atoms with Crippen LogP contribution in [0, 0.1) is 0 Å². The summed E-state index contributed by atoms with van der Waals surface area (Å²) in [5.74, 6) is 0.925. The number of rotatable bonds is 4. The number of amides is 2. The third-order valence-corrected chi connectivity index (χ3v) is 9.34. The molecular formula is C33H31N3O6S. The van der Waals surface area contributed by atoms with Crippen molar-refractivity contribution >= 4 is 21.7 Å². The van der Waals surface area contributed by atoms with Crippen LogP contribution in [0.25, 0.3) is 0 Å². The van der Waals surface area contributed by atoms with Gasteiger partial charge in [0.05, 0.1) is 35.1 Å². The van der Waals surface area contributed by atoms with Crippen LogP contribution in [-0.4, -0.2) is 55.6 Å². The van der Waals surface area contributed by atoms with Crippen LogP contribution < -0.4 is 14.8 Å². The van der Waals surface area contributed by atoms with Crippen molar-refractivity contribution in [1.29, 1.82) is 0 Å². The standard InChI is InChI=1S/C33H31N3O6S/c37-31(13-17-43(39,40)29-8-2-1-3-9-29)36-15-12-23-18-27-10-11-30(23)32(36)24-6-4-7-26(19-24)41-16-5-14-35-33(38)25-20-28(42-27)22-34-21-25/h1-4,6-11,18-22,32H,5,12-17H2,(H,35,38). The van der Waals surface area contributed by atoms with E-state index in [4.69, 9.17) is 9.47 Å². The fraction of sp³-hybridized carbons (Fsp3) is 0.242. The molecule has 0 fully saturated rings. The summed E-state index contributed by atoms with van der Waals surface area (Å²) in [6, 6.07) is 22.8. The Kier molecular flexibility index (Phi) is 8.11. The van der Waals surface area contributed by atoms with Gasteiger partial charge in [-0.3, -0.25) is 14.6 Å². The Morgan fingerprint density at radius 1 is 0.953 bits per heavy atom. The van der Waals surface area contributed by atoms with E-state index < -0.39 is 15.9 Å². The average Bonchev–Trinajstić information content (AvgIpc) is 3.03. The number of aromatic nitrogens is 1. The maximum Gasteiger partial charge on any atom is 0.252 e. The van der Waals surface area contributed by atoms with Crippen molar-refractivity contribution < 1.29 is 27.5 Å². The van der Waals surface area contributed by atoms with E-state index in [2.05, 4.69) is 10.3 Å². The normalized spacial score (nSPS) is 16.7. The number of pyridine rings is 1. The molecule has 1 N–H and O–H groups in total. The van der Waals surface area contributed by atoms with E-state index in [1.165, 1.54) is 6.20 Å². The molecule has 0 spiro atoms. The van der Waals surface area contributed by atoms with Crippen molar-refractivity contribution in [3.8, 4) is 17.2 Å².